The number of hydrogen-bond donors (Lipinski definition) is 2. The molecule has 0 saturated carbocycles. The molecule has 1 heterocycles. The molecule has 3 amide bonds. The third-order valence-electron chi connectivity index (χ3n) is 6.69. The largest absolute Gasteiger partial charge is 0.494 e. The number of benzene rings is 4. The molecular weight excluding hydrogens is 516 g/mol. The average Bonchev–Trinajstić information content (AvgIpc) is 3.09. The van der Waals surface area contributed by atoms with Gasteiger partial charge in [-0.2, -0.15) is 0 Å². The Kier molecular flexibility index (Phi) is 8.20. The molecule has 41 heavy (non-hydrogen) atoms. The van der Waals surface area contributed by atoms with Crippen molar-refractivity contribution in [2.45, 2.75) is 20.0 Å². The van der Waals surface area contributed by atoms with Crippen molar-refractivity contribution in [1.82, 2.24) is 5.32 Å². The highest BCUT2D eigenvalue weighted by atomic mass is 16.5. The molecule has 2 N–H and O–H groups in total. The number of benzodiazepines with no additional fused rings is 1. The molecule has 1 aliphatic heterocycles. The highest BCUT2D eigenvalue weighted by Crippen LogP contribution is 2.29. The fourth-order valence-corrected chi connectivity index (χ4v) is 4.72. The molecule has 5 rings (SSSR count). The topological polar surface area (TPSA) is 100 Å². The Balaban J connectivity index is 1.50. The molecule has 8 heteroatoms. The van der Waals surface area contributed by atoms with Crippen LogP contribution in [-0.2, 0) is 4.79 Å². The van der Waals surface area contributed by atoms with Gasteiger partial charge in [-0.25, -0.2) is 9.79 Å². The van der Waals surface area contributed by atoms with E-state index in [1.165, 1.54) is 4.90 Å². The van der Waals surface area contributed by atoms with E-state index in [0.717, 1.165) is 11.1 Å². The van der Waals surface area contributed by atoms with Crippen LogP contribution in [0.15, 0.2) is 108 Å². The number of Topliss-reactive ketones (excluding diaryl/α,β-unsaturated/α-hetero) is 1. The van der Waals surface area contributed by atoms with Gasteiger partial charge in [0.15, 0.2) is 5.78 Å². The van der Waals surface area contributed by atoms with Gasteiger partial charge in [0.05, 0.1) is 24.6 Å². The Bertz CT molecular complexity index is 1600. The molecule has 0 saturated heterocycles. The van der Waals surface area contributed by atoms with Gasteiger partial charge in [0.1, 0.15) is 5.75 Å². The summed E-state index contributed by atoms with van der Waals surface area (Å²) >= 11 is 0. The molecule has 0 aliphatic carbocycles. The van der Waals surface area contributed by atoms with Gasteiger partial charge in [0, 0.05) is 22.4 Å². The van der Waals surface area contributed by atoms with Gasteiger partial charge in [-0.05, 0) is 49.7 Å². The van der Waals surface area contributed by atoms with Crippen molar-refractivity contribution in [3.05, 3.63) is 125 Å². The minimum absolute atomic E-state index is 0.211. The number of carbonyl (C=O) groups excluding carboxylic acids is 3. The number of aryl methyl sites for hydroxylation is 1. The van der Waals surface area contributed by atoms with E-state index in [0.29, 0.717) is 40.6 Å². The van der Waals surface area contributed by atoms with Crippen molar-refractivity contribution in [2.75, 3.05) is 23.4 Å². The SMILES string of the molecule is CCOc1ccc(NC(=O)NC2N=C(c3ccccc3)c3ccccc3N(CC(=O)c3ccccc3C)C2=O)cc1. The normalized spacial score (nSPS) is 14.4. The van der Waals surface area contributed by atoms with Crippen LogP contribution in [0, 0.1) is 6.92 Å². The third kappa shape index (κ3) is 6.17. The van der Waals surface area contributed by atoms with Crippen LogP contribution in [0.2, 0.25) is 0 Å². The summed E-state index contributed by atoms with van der Waals surface area (Å²) in [7, 11) is 0. The Morgan fingerprint density at radius 1 is 0.878 bits per heavy atom. The molecule has 4 aromatic carbocycles. The molecule has 206 valence electrons. The maximum absolute atomic E-state index is 14.0. The number of para-hydroxylation sites is 1. The van der Waals surface area contributed by atoms with Gasteiger partial charge in [-0.1, -0.05) is 72.8 Å². The van der Waals surface area contributed by atoms with Gasteiger partial charge in [0.25, 0.3) is 5.91 Å². The number of nitrogens with zero attached hydrogens (tertiary/aromatic N) is 2. The zero-order valence-corrected chi connectivity index (χ0v) is 22.8. The number of hydrogen-bond acceptors (Lipinski definition) is 5. The minimum Gasteiger partial charge on any atom is -0.494 e. The van der Waals surface area contributed by atoms with E-state index in [2.05, 4.69) is 10.6 Å². The maximum Gasteiger partial charge on any atom is 0.321 e. The first-order valence-electron chi connectivity index (χ1n) is 13.4. The lowest BCUT2D eigenvalue weighted by Gasteiger charge is -2.25. The number of nitrogens with one attached hydrogen (secondary N) is 2. The Labute approximate surface area is 238 Å². The maximum atomic E-state index is 14.0. The number of rotatable bonds is 8. The zero-order chi connectivity index (χ0) is 28.8. The summed E-state index contributed by atoms with van der Waals surface area (Å²) in [5, 5.41) is 5.47. The van der Waals surface area contributed by atoms with E-state index >= 15 is 0 Å². The molecular formula is C33H30N4O4. The summed E-state index contributed by atoms with van der Waals surface area (Å²) in [6.07, 6.45) is -1.29. The lowest BCUT2D eigenvalue weighted by molar-refractivity contribution is -0.120. The fourth-order valence-electron chi connectivity index (χ4n) is 4.72. The lowest BCUT2D eigenvalue weighted by atomic mass is 9.99. The summed E-state index contributed by atoms with van der Waals surface area (Å²) in [6.45, 7) is 4.07. The second-order valence-electron chi connectivity index (χ2n) is 9.48. The van der Waals surface area contributed by atoms with Crippen molar-refractivity contribution >= 4 is 34.8 Å². The Morgan fingerprint density at radius 3 is 2.29 bits per heavy atom. The van der Waals surface area contributed by atoms with E-state index < -0.39 is 18.1 Å². The van der Waals surface area contributed by atoms with Crippen LogP contribution in [0.5, 0.6) is 5.75 Å². The van der Waals surface area contributed by atoms with E-state index in [1.54, 1.807) is 42.5 Å². The van der Waals surface area contributed by atoms with Gasteiger partial charge in [-0.3, -0.25) is 9.59 Å². The zero-order valence-electron chi connectivity index (χ0n) is 22.8. The van der Waals surface area contributed by atoms with Crippen molar-refractivity contribution in [3.8, 4) is 5.75 Å². The summed E-state index contributed by atoms with van der Waals surface area (Å²) < 4.78 is 5.46. The van der Waals surface area contributed by atoms with Crippen molar-refractivity contribution in [2.24, 2.45) is 4.99 Å². The van der Waals surface area contributed by atoms with Gasteiger partial charge in [-0.15, -0.1) is 0 Å². The molecule has 0 fully saturated rings. The predicted molar refractivity (Wildman–Crippen MR) is 160 cm³/mol. The minimum atomic E-state index is -1.29. The molecule has 0 aromatic heterocycles. The van der Waals surface area contributed by atoms with Crippen LogP contribution in [-0.4, -0.2) is 42.8 Å². The number of amides is 3. The van der Waals surface area contributed by atoms with Crippen LogP contribution < -0.4 is 20.3 Å². The summed E-state index contributed by atoms with van der Waals surface area (Å²) in [5.74, 6) is -0.0552. The second-order valence-corrected chi connectivity index (χ2v) is 9.48. The smallest absolute Gasteiger partial charge is 0.321 e. The first-order chi connectivity index (χ1) is 19.9. The predicted octanol–water partition coefficient (Wildman–Crippen LogP) is 5.61. The Morgan fingerprint density at radius 2 is 1.56 bits per heavy atom. The van der Waals surface area contributed by atoms with E-state index in [-0.39, 0.29) is 12.3 Å². The van der Waals surface area contributed by atoms with Crippen molar-refractivity contribution in [1.29, 1.82) is 0 Å². The van der Waals surface area contributed by atoms with E-state index in [4.69, 9.17) is 9.73 Å². The molecule has 1 aliphatic rings. The second kappa shape index (κ2) is 12.3. The van der Waals surface area contributed by atoms with Crippen LogP contribution in [0.1, 0.15) is 34.0 Å². The van der Waals surface area contributed by atoms with E-state index in [1.807, 2.05) is 74.5 Å². The van der Waals surface area contributed by atoms with Gasteiger partial charge < -0.3 is 20.3 Å². The number of carbonyl (C=O) groups is 3. The first-order valence-corrected chi connectivity index (χ1v) is 13.4. The summed E-state index contributed by atoms with van der Waals surface area (Å²) in [5.41, 5.74) is 4.40. The lowest BCUT2D eigenvalue weighted by Crippen LogP contribution is -2.50. The Hall–Kier alpha value is -5.24. The van der Waals surface area contributed by atoms with Gasteiger partial charge >= 0.3 is 6.03 Å². The van der Waals surface area contributed by atoms with Crippen LogP contribution in [0.4, 0.5) is 16.2 Å². The summed E-state index contributed by atoms with van der Waals surface area (Å²) in [6, 6.07) is 30.3. The van der Waals surface area contributed by atoms with E-state index in [9.17, 15) is 14.4 Å². The molecule has 1 unspecified atom stereocenters. The quantitative estimate of drug-likeness (QED) is 0.281. The molecule has 4 aromatic rings. The number of ketones is 1. The number of aliphatic imine (C=N–C) groups is 1. The number of anilines is 2. The van der Waals surface area contributed by atoms with Crippen LogP contribution in [0.3, 0.4) is 0 Å². The number of fused-ring (bicyclic) bond motifs is 1. The standard InChI is InChI=1S/C33H30N4O4/c1-3-41-25-19-17-24(18-20-25)34-33(40)36-31-32(39)37(21-29(38)26-14-8-7-11-22(26)2)28-16-10-9-15-27(28)30(35-31)23-12-5-4-6-13-23/h4-20,31H,3,21H2,1-2H3,(H2,34,36,40). The third-order valence-corrected chi connectivity index (χ3v) is 6.69. The molecule has 0 bridgehead atoms. The highest BCUT2D eigenvalue weighted by molar-refractivity contribution is 6.21. The highest BCUT2D eigenvalue weighted by Gasteiger charge is 2.34. The number of ether oxygens (including phenoxy) is 1. The first kappa shape index (κ1) is 27.3. The molecule has 0 spiro atoms. The van der Waals surface area contributed by atoms with Crippen LogP contribution >= 0.6 is 0 Å². The van der Waals surface area contributed by atoms with Crippen LogP contribution in [0.25, 0.3) is 0 Å². The molecule has 0 radical (unpaired) electrons. The monoisotopic (exact) mass is 546 g/mol. The van der Waals surface area contributed by atoms with Crippen molar-refractivity contribution < 1.29 is 19.1 Å². The summed E-state index contributed by atoms with van der Waals surface area (Å²) in [4.78, 5) is 46.8. The average molecular weight is 547 g/mol. The molecule has 8 nitrogen and oxygen atoms in total. The van der Waals surface area contributed by atoms with Gasteiger partial charge in [0.2, 0.25) is 6.17 Å². The van der Waals surface area contributed by atoms with Crippen molar-refractivity contribution in [3.63, 3.8) is 0 Å². The number of urea groups is 1. The molecule has 1 atom stereocenters. The fraction of sp³-hybridized carbons (Fsp3) is 0.152.